The van der Waals surface area contributed by atoms with E-state index in [1.54, 1.807) is 18.2 Å². The molecule has 4 heteroatoms. The van der Waals surface area contributed by atoms with E-state index in [9.17, 15) is 9.59 Å². The summed E-state index contributed by atoms with van der Waals surface area (Å²) in [5.74, 6) is -0.809. The standard InChI is InChI=1S/C15H14N2O2/c1-10(18)17-13-9-5-8-12(14(13)15(16)19)11-6-3-2-4-7-11/h2-9H,1H3,(H2,16,19)(H,17,18). The van der Waals surface area contributed by atoms with E-state index in [0.717, 1.165) is 5.56 Å². The highest BCUT2D eigenvalue weighted by Crippen LogP contribution is 2.28. The van der Waals surface area contributed by atoms with Gasteiger partial charge in [-0.1, -0.05) is 42.5 Å². The van der Waals surface area contributed by atoms with Crippen molar-refractivity contribution in [2.45, 2.75) is 6.92 Å². The van der Waals surface area contributed by atoms with E-state index >= 15 is 0 Å². The lowest BCUT2D eigenvalue weighted by Gasteiger charge is -2.12. The van der Waals surface area contributed by atoms with Crippen molar-refractivity contribution in [3.8, 4) is 11.1 Å². The molecule has 0 aliphatic rings. The zero-order valence-electron chi connectivity index (χ0n) is 10.5. The number of primary amides is 1. The first-order valence-corrected chi connectivity index (χ1v) is 5.85. The molecule has 0 bridgehead atoms. The first kappa shape index (κ1) is 12.8. The van der Waals surface area contributed by atoms with Crippen LogP contribution in [0.4, 0.5) is 5.69 Å². The smallest absolute Gasteiger partial charge is 0.251 e. The molecule has 0 fully saturated rings. The fourth-order valence-electron chi connectivity index (χ4n) is 1.97. The molecule has 0 spiro atoms. The van der Waals surface area contributed by atoms with Crippen LogP contribution in [0.25, 0.3) is 11.1 Å². The predicted octanol–water partition coefficient (Wildman–Crippen LogP) is 2.41. The van der Waals surface area contributed by atoms with Gasteiger partial charge in [-0.3, -0.25) is 9.59 Å². The molecule has 2 aromatic rings. The molecular weight excluding hydrogens is 240 g/mol. The van der Waals surface area contributed by atoms with Crippen LogP contribution in [-0.2, 0) is 4.79 Å². The SMILES string of the molecule is CC(=O)Nc1cccc(-c2ccccc2)c1C(N)=O. The first-order valence-electron chi connectivity index (χ1n) is 5.85. The number of anilines is 1. The molecule has 0 unspecified atom stereocenters. The van der Waals surface area contributed by atoms with Gasteiger partial charge in [0.1, 0.15) is 0 Å². The molecule has 2 rings (SSSR count). The Bertz CT molecular complexity index is 621. The van der Waals surface area contributed by atoms with Gasteiger partial charge in [-0.25, -0.2) is 0 Å². The summed E-state index contributed by atoms with van der Waals surface area (Å²) in [6, 6.07) is 14.7. The van der Waals surface area contributed by atoms with Gasteiger partial charge in [-0.05, 0) is 17.2 Å². The molecule has 19 heavy (non-hydrogen) atoms. The van der Waals surface area contributed by atoms with Gasteiger partial charge in [0.2, 0.25) is 5.91 Å². The van der Waals surface area contributed by atoms with Gasteiger partial charge in [-0.2, -0.15) is 0 Å². The van der Waals surface area contributed by atoms with E-state index in [-0.39, 0.29) is 5.91 Å². The summed E-state index contributed by atoms with van der Waals surface area (Å²) in [6.45, 7) is 1.39. The van der Waals surface area contributed by atoms with Crippen molar-refractivity contribution in [3.05, 3.63) is 54.1 Å². The molecule has 4 nitrogen and oxygen atoms in total. The van der Waals surface area contributed by atoms with Crippen LogP contribution < -0.4 is 11.1 Å². The maximum absolute atomic E-state index is 11.7. The number of rotatable bonds is 3. The summed E-state index contributed by atoms with van der Waals surface area (Å²) in [6.07, 6.45) is 0. The van der Waals surface area contributed by atoms with Gasteiger partial charge in [-0.15, -0.1) is 0 Å². The molecule has 0 saturated carbocycles. The Hall–Kier alpha value is -2.62. The number of nitrogens with one attached hydrogen (secondary N) is 1. The Kier molecular flexibility index (Phi) is 3.61. The van der Waals surface area contributed by atoms with Crippen molar-refractivity contribution >= 4 is 17.5 Å². The summed E-state index contributed by atoms with van der Waals surface area (Å²) < 4.78 is 0. The Labute approximate surface area is 111 Å². The Balaban J connectivity index is 2.61. The monoisotopic (exact) mass is 254 g/mol. The highest BCUT2D eigenvalue weighted by molar-refractivity contribution is 6.07. The number of carbonyl (C=O) groups is 2. The lowest BCUT2D eigenvalue weighted by Crippen LogP contribution is -2.17. The van der Waals surface area contributed by atoms with Crippen LogP contribution in [0, 0.1) is 0 Å². The molecule has 0 aliphatic carbocycles. The second kappa shape index (κ2) is 5.35. The lowest BCUT2D eigenvalue weighted by molar-refractivity contribution is -0.114. The van der Waals surface area contributed by atoms with Crippen molar-refractivity contribution in [2.75, 3.05) is 5.32 Å². The molecule has 0 heterocycles. The minimum atomic E-state index is -0.566. The van der Waals surface area contributed by atoms with Gasteiger partial charge in [0.05, 0.1) is 11.3 Å². The van der Waals surface area contributed by atoms with Gasteiger partial charge in [0.15, 0.2) is 0 Å². The molecule has 0 saturated heterocycles. The molecular formula is C15H14N2O2. The van der Waals surface area contributed by atoms with Crippen molar-refractivity contribution in [3.63, 3.8) is 0 Å². The number of hydrogen-bond acceptors (Lipinski definition) is 2. The van der Waals surface area contributed by atoms with Crippen LogP contribution in [0.15, 0.2) is 48.5 Å². The number of amides is 2. The van der Waals surface area contributed by atoms with E-state index in [1.807, 2.05) is 30.3 Å². The minimum absolute atomic E-state index is 0.243. The summed E-state index contributed by atoms with van der Waals surface area (Å²) in [5, 5.41) is 2.63. The summed E-state index contributed by atoms with van der Waals surface area (Å²) >= 11 is 0. The fourth-order valence-corrected chi connectivity index (χ4v) is 1.97. The van der Waals surface area contributed by atoms with E-state index in [4.69, 9.17) is 5.73 Å². The van der Waals surface area contributed by atoms with Crippen LogP contribution in [0.3, 0.4) is 0 Å². The third kappa shape index (κ3) is 2.80. The highest BCUT2D eigenvalue weighted by atomic mass is 16.2. The van der Waals surface area contributed by atoms with E-state index in [1.165, 1.54) is 6.92 Å². The normalized spacial score (nSPS) is 9.95. The Morgan fingerprint density at radius 3 is 2.26 bits per heavy atom. The molecule has 2 aromatic carbocycles. The Morgan fingerprint density at radius 2 is 1.68 bits per heavy atom. The molecule has 96 valence electrons. The van der Waals surface area contributed by atoms with Crippen molar-refractivity contribution < 1.29 is 9.59 Å². The molecule has 0 aromatic heterocycles. The van der Waals surface area contributed by atoms with Gasteiger partial charge >= 0.3 is 0 Å². The largest absolute Gasteiger partial charge is 0.366 e. The third-order valence-electron chi connectivity index (χ3n) is 2.71. The molecule has 0 atom stereocenters. The van der Waals surface area contributed by atoms with Crippen LogP contribution in [0.1, 0.15) is 17.3 Å². The summed E-state index contributed by atoms with van der Waals surface area (Å²) in [4.78, 5) is 22.8. The van der Waals surface area contributed by atoms with Crippen molar-refractivity contribution in [1.29, 1.82) is 0 Å². The number of nitrogens with two attached hydrogens (primary N) is 1. The fraction of sp³-hybridized carbons (Fsp3) is 0.0667. The average molecular weight is 254 g/mol. The second-order valence-electron chi connectivity index (χ2n) is 4.14. The molecule has 3 N–H and O–H groups in total. The molecule has 0 aliphatic heterocycles. The average Bonchev–Trinajstić information content (AvgIpc) is 2.38. The number of benzene rings is 2. The first-order chi connectivity index (χ1) is 9.09. The minimum Gasteiger partial charge on any atom is -0.366 e. The van der Waals surface area contributed by atoms with E-state index < -0.39 is 5.91 Å². The third-order valence-corrected chi connectivity index (χ3v) is 2.71. The van der Waals surface area contributed by atoms with Crippen molar-refractivity contribution in [1.82, 2.24) is 0 Å². The lowest BCUT2D eigenvalue weighted by atomic mass is 9.97. The summed E-state index contributed by atoms with van der Waals surface area (Å²) in [7, 11) is 0. The van der Waals surface area contributed by atoms with Crippen LogP contribution in [0.2, 0.25) is 0 Å². The maximum Gasteiger partial charge on any atom is 0.251 e. The zero-order chi connectivity index (χ0) is 13.8. The van der Waals surface area contributed by atoms with Gasteiger partial charge in [0.25, 0.3) is 5.91 Å². The summed E-state index contributed by atoms with van der Waals surface area (Å²) in [5.41, 5.74) is 7.78. The van der Waals surface area contributed by atoms with Gasteiger partial charge < -0.3 is 11.1 Å². The Morgan fingerprint density at radius 1 is 1.00 bits per heavy atom. The highest BCUT2D eigenvalue weighted by Gasteiger charge is 2.15. The van der Waals surface area contributed by atoms with Crippen LogP contribution >= 0.6 is 0 Å². The van der Waals surface area contributed by atoms with E-state index in [2.05, 4.69) is 5.32 Å². The van der Waals surface area contributed by atoms with Gasteiger partial charge in [0, 0.05) is 6.92 Å². The molecule has 0 radical (unpaired) electrons. The number of carbonyl (C=O) groups excluding carboxylic acids is 2. The van der Waals surface area contributed by atoms with E-state index in [0.29, 0.717) is 16.8 Å². The second-order valence-corrected chi connectivity index (χ2v) is 4.14. The molecule has 2 amide bonds. The topological polar surface area (TPSA) is 72.2 Å². The maximum atomic E-state index is 11.7. The zero-order valence-corrected chi connectivity index (χ0v) is 10.5. The van der Waals surface area contributed by atoms with Crippen LogP contribution in [-0.4, -0.2) is 11.8 Å². The predicted molar refractivity (Wildman–Crippen MR) is 74.7 cm³/mol. The number of hydrogen-bond donors (Lipinski definition) is 2. The van der Waals surface area contributed by atoms with Crippen molar-refractivity contribution in [2.24, 2.45) is 5.73 Å². The van der Waals surface area contributed by atoms with Crippen LogP contribution in [0.5, 0.6) is 0 Å². The quantitative estimate of drug-likeness (QED) is 0.882.